The number of benzene rings is 1. The first-order chi connectivity index (χ1) is 8.40. The largest absolute Gasteiger partial charge is 0.371 e. The van der Waals surface area contributed by atoms with Crippen LogP contribution in [-0.2, 0) is 11.2 Å². The molecule has 0 saturated heterocycles. The number of ether oxygens (including phenoxy) is 1. The first kappa shape index (κ1) is 11.0. The Morgan fingerprint density at radius 2 is 2.12 bits per heavy atom. The third-order valence-corrected chi connectivity index (χ3v) is 4.31. The molecule has 0 saturated carbocycles. The third kappa shape index (κ3) is 1.90. The molecule has 1 aliphatic rings. The minimum atomic E-state index is 0.0983. The average molecular weight is 245 g/mol. The van der Waals surface area contributed by atoms with Gasteiger partial charge in [0.15, 0.2) is 0 Å². The van der Waals surface area contributed by atoms with E-state index in [1.165, 1.54) is 21.6 Å². The van der Waals surface area contributed by atoms with Crippen LogP contribution in [0.4, 0.5) is 0 Å². The number of hydrogen-bond acceptors (Lipinski definition) is 3. The molecule has 88 valence electrons. The van der Waals surface area contributed by atoms with Gasteiger partial charge >= 0.3 is 0 Å². The highest BCUT2D eigenvalue weighted by Crippen LogP contribution is 2.38. The van der Waals surface area contributed by atoms with Crippen LogP contribution in [0.25, 0.3) is 11.1 Å². The normalized spacial score (nSPS) is 19.0. The molecule has 3 rings (SSSR count). The molecule has 2 N–H and O–H groups in total. The van der Waals surface area contributed by atoms with E-state index in [-0.39, 0.29) is 6.10 Å². The van der Waals surface area contributed by atoms with Gasteiger partial charge in [-0.25, -0.2) is 0 Å². The summed E-state index contributed by atoms with van der Waals surface area (Å²) in [7, 11) is 0. The van der Waals surface area contributed by atoms with Crippen molar-refractivity contribution in [3.05, 3.63) is 46.2 Å². The summed E-state index contributed by atoms with van der Waals surface area (Å²) in [6.07, 6.45) is 1.10. The Balaban J connectivity index is 2.06. The Hall–Kier alpha value is -1.16. The lowest BCUT2D eigenvalue weighted by atomic mass is 9.98. The van der Waals surface area contributed by atoms with Gasteiger partial charge in [-0.1, -0.05) is 30.3 Å². The molecule has 0 unspecified atom stereocenters. The SMILES string of the molecule is NC[C@H]1OCCc2c(-c3ccccc3)csc21. The van der Waals surface area contributed by atoms with E-state index in [1.54, 1.807) is 11.3 Å². The van der Waals surface area contributed by atoms with Gasteiger partial charge in [0.05, 0.1) is 6.61 Å². The molecule has 1 aliphatic heterocycles. The lowest BCUT2D eigenvalue weighted by Gasteiger charge is -2.22. The van der Waals surface area contributed by atoms with Crippen molar-refractivity contribution in [1.82, 2.24) is 0 Å². The van der Waals surface area contributed by atoms with Crippen LogP contribution in [0.5, 0.6) is 0 Å². The van der Waals surface area contributed by atoms with Crippen molar-refractivity contribution in [3.8, 4) is 11.1 Å². The van der Waals surface area contributed by atoms with E-state index in [9.17, 15) is 0 Å². The zero-order valence-corrected chi connectivity index (χ0v) is 10.4. The van der Waals surface area contributed by atoms with Crippen molar-refractivity contribution < 1.29 is 4.74 Å². The van der Waals surface area contributed by atoms with E-state index in [2.05, 4.69) is 29.6 Å². The molecule has 2 nitrogen and oxygen atoms in total. The van der Waals surface area contributed by atoms with Crippen molar-refractivity contribution in [1.29, 1.82) is 0 Å². The zero-order chi connectivity index (χ0) is 11.7. The second-order valence-corrected chi connectivity index (χ2v) is 5.11. The van der Waals surface area contributed by atoms with Gasteiger partial charge in [0.2, 0.25) is 0 Å². The summed E-state index contributed by atoms with van der Waals surface area (Å²) < 4.78 is 5.69. The molecular formula is C14H15NOS. The quantitative estimate of drug-likeness (QED) is 0.882. The highest BCUT2D eigenvalue weighted by atomic mass is 32.1. The van der Waals surface area contributed by atoms with Gasteiger partial charge < -0.3 is 10.5 Å². The summed E-state index contributed by atoms with van der Waals surface area (Å²) in [4.78, 5) is 1.32. The Bertz CT molecular complexity index is 506. The molecule has 0 fully saturated rings. The molecule has 0 aliphatic carbocycles. The predicted octanol–water partition coefficient (Wildman–Crippen LogP) is 2.99. The van der Waals surface area contributed by atoms with Crippen molar-refractivity contribution in [3.63, 3.8) is 0 Å². The van der Waals surface area contributed by atoms with Crippen LogP contribution in [0.1, 0.15) is 16.5 Å². The van der Waals surface area contributed by atoms with Crippen LogP contribution in [0.15, 0.2) is 35.7 Å². The average Bonchev–Trinajstić information content (AvgIpc) is 2.83. The second-order valence-electron chi connectivity index (χ2n) is 4.20. The topological polar surface area (TPSA) is 35.2 Å². The van der Waals surface area contributed by atoms with Crippen molar-refractivity contribution in [2.24, 2.45) is 5.73 Å². The minimum Gasteiger partial charge on any atom is -0.371 e. The zero-order valence-electron chi connectivity index (χ0n) is 9.56. The molecular weight excluding hydrogens is 230 g/mol. The molecule has 0 bridgehead atoms. The fraction of sp³-hybridized carbons (Fsp3) is 0.286. The van der Waals surface area contributed by atoms with Gasteiger partial charge in [0.25, 0.3) is 0 Å². The van der Waals surface area contributed by atoms with Crippen LogP contribution >= 0.6 is 11.3 Å². The van der Waals surface area contributed by atoms with E-state index >= 15 is 0 Å². The van der Waals surface area contributed by atoms with E-state index in [0.29, 0.717) is 6.54 Å². The van der Waals surface area contributed by atoms with Gasteiger partial charge in [0, 0.05) is 11.4 Å². The fourth-order valence-corrected chi connectivity index (χ4v) is 3.53. The van der Waals surface area contributed by atoms with Gasteiger partial charge in [-0.3, -0.25) is 0 Å². The Labute approximate surface area is 105 Å². The van der Waals surface area contributed by atoms with Crippen molar-refractivity contribution >= 4 is 11.3 Å². The fourth-order valence-electron chi connectivity index (χ4n) is 2.34. The second kappa shape index (κ2) is 4.61. The Morgan fingerprint density at radius 1 is 1.29 bits per heavy atom. The first-order valence-corrected chi connectivity index (χ1v) is 6.75. The van der Waals surface area contributed by atoms with Crippen LogP contribution in [-0.4, -0.2) is 13.2 Å². The molecule has 17 heavy (non-hydrogen) atoms. The monoisotopic (exact) mass is 245 g/mol. The summed E-state index contributed by atoms with van der Waals surface area (Å²) >= 11 is 1.77. The lowest BCUT2D eigenvalue weighted by molar-refractivity contribution is 0.0517. The minimum absolute atomic E-state index is 0.0983. The van der Waals surface area contributed by atoms with Crippen LogP contribution in [0.3, 0.4) is 0 Å². The summed E-state index contributed by atoms with van der Waals surface area (Å²) in [5.74, 6) is 0. The van der Waals surface area contributed by atoms with Crippen LogP contribution in [0, 0.1) is 0 Å². The van der Waals surface area contributed by atoms with Gasteiger partial charge in [-0.05, 0) is 28.5 Å². The Morgan fingerprint density at radius 3 is 2.88 bits per heavy atom. The highest BCUT2D eigenvalue weighted by Gasteiger charge is 2.24. The number of fused-ring (bicyclic) bond motifs is 1. The van der Waals surface area contributed by atoms with E-state index in [0.717, 1.165) is 13.0 Å². The van der Waals surface area contributed by atoms with Crippen molar-refractivity contribution in [2.75, 3.05) is 13.2 Å². The van der Waals surface area contributed by atoms with Gasteiger partial charge in [-0.15, -0.1) is 11.3 Å². The molecule has 1 aromatic carbocycles. The smallest absolute Gasteiger partial charge is 0.104 e. The third-order valence-electron chi connectivity index (χ3n) is 3.19. The summed E-state index contributed by atoms with van der Waals surface area (Å²) in [5, 5.41) is 2.23. The van der Waals surface area contributed by atoms with Crippen LogP contribution < -0.4 is 5.73 Å². The predicted molar refractivity (Wildman–Crippen MR) is 71.2 cm³/mol. The Kier molecular flexibility index (Phi) is 2.97. The molecule has 1 atom stereocenters. The summed E-state index contributed by atoms with van der Waals surface area (Å²) in [6, 6.07) is 10.5. The number of nitrogens with two attached hydrogens (primary N) is 1. The molecule has 0 spiro atoms. The number of thiophene rings is 1. The van der Waals surface area contributed by atoms with Crippen LogP contribution in [0.2, 0.25) is 0 Å². The molecule has 2 aromatic rings. The molecule has 0 radical (unpaired) electrons. The number of rotatable bonds is 2. The number of hydrogen-bond donors (Lipinski definition) is 1. The lowest BCUT2D eigenvalue weighted by Crippen LogP contribution is -2.21. The standard InChI is InChI=1S/C14H15NOS/c15-8-13-14-11(6-7-16-13)12(9-17-14)10-4-2-1-3-5-10/h1-5,9,13H,6-8,15H2/t13-/m1/s1. The van der Waals surface area contributed by atoms with Gasteiger partial charge in [0.1, 0.15) is 6.10 Å². The van der Waals surface area contributed by atoms with E-state index < -0.39 is 0 Å². The molecule has 1 aromatic heterocycles. The van der Waals surface area contributed by atoms with Crippen molar-refractivity contribution in [2.45, 2.75) is 12.5 Å². The maximum atomic E-state index is 5.75. The molecule has 3 heteroatoms. The maximum Gasteiger partial charge on any atom is 0.104 e. The molecule has 0 amide bonds. The van der Waals surface area contributed by atoms with E-state index in [4.69, 9.17) is 10.5 Å². The first-order valence-electron chi connectivity index (χ1n) is 5.87. The molecule has 2 heterocycles. The van der Waals surface area contributed by atoms with Gasteiger partial charge in [-0.2, -0.15) is 0 Å². The highest BCUT2D eigenvalue weighted by molar-refractivity contribution is 7.10. The van der Waals surface area contributed by atoms with E-state index in [1.807, 2.05) is 6.07 Å². The summed E-state index contributed by atoms with van der Waals surface area (Å²) in [5.41, 5.74) is 9.83. The maximum absolute atomic E-state index is 5.75. The summed E-state index contributed by atoms with van der Waals surface area (Å²) in [6.45, 7) is 1.35.